The molecule has 0 spiro atoms. The molecule has 1 atom stereocenters. The third-order valence-electron chi connectivity index (χ3n) is 3.21. The fourth-order valence-electron chi connectivity index (χ4n) is 2.29. The number of allylic oxidation sites excluding steroid dienone is 1. The van der Waals surface area contributed by atoms with Crippen LogP contribution < -0.4 is 0 Å². The normalized spacial score (nSPS) is 17.1. The van der Waals surface area contributed by atoms with Gasteiger partial charge in [-0.2, -0.15) is 0 Å². The molecule has 0 saturated heterocycles. The van der Waals surface area contributed by atoms with E-state index in [4.69, 9.17) is 4.74 Å². The quantitative estimate of drug-likeness (QED) is 0.879. The monoisotopic (exact) mass is 241 g/mol. The number of ether oxygens (including phenoxy) is 1. The highest BCUT2D eigenvalue weighted by atomic mass is 16.5. The summed E-state index contributed by atoms with van der Waals surface area (Å²) in [5, 5.41) is 11.4. The van der Waals surface area contributed by atoms with Gasteiger partial charge in [0.25, 0.3) is 0 Å². The van der Waals surface area contributed by atoms with Gasteiger partial charge in [0.1, 0.15) is 11.9 Å². The van der Waals surface area contributed by atoms with Crippen molar-refractivity contribution in [2.75, 3.05) is 6.61 Å². The summed E-state index contributed by atoms with van der Waals surface area (Å²) >= 11 is 0. The number of fused-ring (bicyclic) bond motifs is 1. The molecule has 18 heavy (non-hydrogen) atoms. The van der Waals surface area contributed by atoms with Crippen molar-refractivity contribution in [3.8, 4) is 0 Å². The van der Waals surface area contributed by atoms with E-state index in [0.717, 1.165) is 29.3 Å². The summed E-state index contributed by atoms with van der Waals surface area (Å²) in [7, 11) is 0. The lowest BCUT2D eigenvalue weighted by Crippen LogP contribution is -2.10. The van der Waals surface area contributed by atoms with E-state index in [1.807, 2.05) is 36.4 Å². The van der Waals surface area contributed by atoms with Gasteiger partial charge in [0.15, 0.2) is 0 Å². The van der Waals surface area contributed by atoms with Crippen molar-refractivity contribution in [1.82, 2.24) is 4.98 Å². The van der Waals surface area contributed by atoms with Crippen LogP contribution in [0.15, 0.2) is 48.4 Å². The molecular weight excluding hydrogens is 226 g/mol. The first-order valence-corrected chi connectivity index (χ1v) is 6.21. The van der Waals surface area contributed by atoms with Crippen LogP contribution >= 0.6 is 0 Å². The molecule has 1 unspecified atom stereocenters. The maximum Gasteiger partial charge on any atom is 0.136 e. The Morgan fingerprint density at radius 1 is 1.22 bits per heavy atom. The van der Waals surface area contributed by atoms with Crippen LogP contribution in [0.2, 0.25) is 0 Å². The topological polar surface area (TPSA) is 42.4 Å². The first-order chi connectivity index (χ1) is 8.86. The summed E-state index contributed by atoms with van der Waals surface area (Å²) in [5.74, 6) is 0.664. The van der Waals surface area contributed by atoms with E-state index in [-0.39, 0.29) is 0 Å². The number of pyridine rings is 1. The van der Waals surface area contributed by atoms with E-state index in [9.17, 15) is 5.11 Å². The summed E-state index contributed by atoms with van der Waals surface area (Å²) in [4.78, 5) is 4.30. The minimum atomic E-state index is -0.696. The maximum absolute atomic E-state index is 10.4. The molecule has 2 heterocycles. The number of nitrogens with zero attached hydrogens (tertiary/aromatic N) is 1. The second-order valence-corrected chi connectivity index (χ2v) is 4.42. The molecular formula is C15H15NO2. The zero-order chi connectivity index (χ0) is 12.4. The number of hydrogen-bond acceptors (Lipinski definition) is 3. The molecule has 3 heteroatoms. The first kappa shape index (κ1) is 11.2. The highest BCUT2D eigenvalue weighted by molar-refractivity contribution is 5.82. The van der Waals surface area contributed by atoms with E-state index in [2.05, 4.69) is 4.98 Å². The minimum Gasteiger partial charge on any atom is -0.495 e. The summed E-state index contributed by atoms with van der Waals surface area (Å²) in [6.07, 6.45) is 5.03. The van der Waals surface area contributed by atoms with E-state index in [1.54, 1.807) is 6.20 Å². The van der Waals surface area contributed by atoms with E-state index < -0.39 is 6.10 Å². The van der Waals surface area contributed by atoms with Gasteiger partial charge in [-0.05, 0) is 36.6 Å². The van der Waals surface area contributed by atoms with Crippen molar-refractivity contribution in [3.63, 3.8) is 0 Å². The van der Waals surface area contributed by atoms with Crippen molar-refractivity contribution < 1.29 is 9.84 Å². The average Bonchev–Trinajstić information content (AvgIpc) is 2.47. The van der Waals surface area contributed by atoms with Crippen LogP contribution in [0.25, 0.3) is 10.9 Å². The van der Waals surface area contributed by atoms with E-state index in [0.29, 0.717) is 12.4 Å². The van der Waals surface area contributed by atoms with Gasteiger partial charge in [-0.25, -0.2) is 0 Å². The van der Waals surface area contributed by atoms with Crippen LogP contribution in [0.5, 0.6) is 0 Å². The average molecular weight is 241 g/mol. The molecule has 1 N–H and O–H groups in total. The van der Waals surface area contributed by atoms with Gasteiger partial charge in [0.05, 0.1) is 12.1 Å². The molecule has 0 radical (unpaired) electrons. The Bertz CT molecular complexity index is 587. The van der Waals surface area contributed by atoms with Crippen molar-refractivity contribution in [2.24, 2.45) is 0 Å². The molecule has 3 nitrogen and oxygen atoms in total. The lowest BCUT2D eigenvalue weighted by atomic mass is 10.0. The molecule has 2 aromatic rings. The van der Waals surface area contributed by atoms with E-state index >= 15 is 0 Å². The number of aliphatic hydroxyl groups excluding tert-OH is 1. The standard InChI is InChI=1S/C15H15NO2/c17-15(14-8-1-2-10-18-14)12-5-3-7-13-11(12)6-4-9-16-13/h3-9,15,17H,1-2,10H2. The highest BCUT2D eigenvalue weighted by Gasteiger charge is 2.19. The van der Waals surface area contributed by atoms with Crippen LogP contribution in [0.4, 0.5) is 0 Å². The highest BCUT2D eigenvalue weighted by Crippen LogP contribution is 2.30. The Morgan fingerprint density at radius 2 is 2.17 bits per heavy atom. The number of rotatable bonds is 2. The Labute approximate surface area is 106 Å². The second kappa shape index (κ2) is 4.78. The van der Waals surface area contributed by atoms with Gasteiger partial charge in [-0.15, -0.1) is 0 Å². The number of hydrogen-bond donors (Lipinski definition) is 1. The van der Waals surface area contributed by atoms with Crippen molar-refractivity contribution in [3.05, 3.63) is 53.9 Å². The summed E-state index contributed by atoms with van der Waals surface area (Å²) in [5.41, 5.74) is 1.75. The smallest absolute Gasteiger partial charge is 0.136 e. The maximum atomic E-state index is 10.4. The number of benzene rings is 1. The molecule has 0 fully saturated rings. The molecule has 0 saturated carbocycles. The molecule has 3 rings (SSSR count). The fourth-order valence-corrected chi connectivity index (χ4v) is 2.29. The van der Waals surface area contributed by atoms with Gasteiger partial charge < -0.3 is 9.84 Å². The third-order valence-corrected chi connectivity index (χ3v) is 3.21. The summed E-state index contributed by atoms with van der Waals surface area (Å²) in [6, 6.07) is 9.64. The molecule has 1 aliphatic heterocycles. The van der Waals surface area contributed by atoms with Crippen molar-refractivity contribution in [2.45, 2.75) is 18.9 Å². The predicted molar refractivity (Wildman–Crippen MR) is 70.0 cm³/mol. The molecule has 0 aliphatic carbocycles. The fraction of sp³-hybridized carbons (Fsp3) is 0.267. The lowest BCUT2D eigenvalue weighted by molar-refractivity contribution is 0.0925. The Hall–Kier alpha value is -1.87. The number of aliphatic hydroxyl groups is 1. The largest absolute Gasteiger partial charge is 0.495 e. The lowest BCUT2D eigenvalue weighted by Gasteiger charge is -2.21. The Balaban J connectivity index is 2.05. The molecule has 1 aromatic heterocycles. The summed E-state index contributed by atoms with van der Waals surface area (Å²) in [6.45, 7) is 0.686. The predicted octanol–water partition coefficient (Wildman–Crippen LogP) is 2.96. The van der Waals surface area contributed by atoms with Crippen LogP contribution in [-0.4, -0.2) is 16.7 Å². The van der Waals surface area contributed by atoms with Gasteiger partial charge >= 0.3 is 0 Å². The van der Waals surface area contributed by atoms with Crippen LogP contribution in [-0.2, 0) is 4.74 Å². The van der Waals surface area contributed by atoms with E-state index in [1.165, 1.54) is 0 Å². The van der Waals surface area contributed by atoms with Crippen LogP contribution in [0, 0.1) is 0 Å². The zero-order valence-electron chi connectivity index (χ0n) is 10.0. The number of aromatic nitrogens is 1. The molecule has 0 bridgehead atoms. The summed E-state index contributed by atoms with van der Waals surface area (Å²) < 4.78 is 5.53. The van der Waals surface area contributed by atoms with Gasteiger partial charge in [0.2, 0.25) is 0 Å². The van der Waals surface area contributed by atoms with Gasteiger partial charge in [-0.3, -0.25) is 4.98 Å². The third kappa shape index (κ3) is 1.97. The second-order valence-electron chi connectivity index (χ2n) is 4.42. The van der Waals surface area contributed by atoms with Gasteiger partial charge in [-0.1, -0.05) is 18.2 Å². The van der Waals surface area contributed by atoms with Crippen molar-refractivity contribution in [1.29, 1.82) is 0 Å². The Kier molecular flexibility index (Phi) is 2.99. The van der Waals surface area contributed by atoms with Crippen LogP contribution in [0.1, 0.15) is 24.5 Å². The van der Waals surface area contributed by atoms with Crippen molar-refractivity contribution >= 4 is 10.9 Å². The molecule has 1 aliphatic rings. The van der Waals surface area contributed by atoms with Crippen LogP contribution in [0.3, 0.4) is 0 Å². The molecule has 92 valence electrons. The molecule has 1 aromatic carbocycles. The minimum absolute atomic E-state index is 0.664. The Morgan fingerprint density at radius 3 is 3.00 bits per heavy atom. The zero-order valence-corrected chi connectivity index (χ0v) is 10.0. The molecule has 0 amide bonds. The SMILES string of the molecule is OC(C1=CCCCO1)c1cccc2ncccc12. The first-order valence-electron chi connectivity index (χ1n) is 6.21. The van der Waals surface area contributed by atoms with Gasteiger partial charge in [0, 0.05) is 11.6 Å².